The Morgan fingerprint density at radius 2 is 1.90 bits per heavy atom. The van der Waals surface area contributed by atoms with Gasteiger partial charge in [-0.2, -0.15) is 0 Å². The number of hydrogen-bond acceptors (Lipinski definition) is 6. The Kier molecular flexibility index (Phi) is 5.38. The number of carboxylic acid groups (broad SMARTS) is 1. The van der Waals surface area contributed by atoms with Crippen LogP contribution < -0.4 is 10.9 Å². The van der Waals surface area contributed by atoms with Crippen LogP contribution in [-0.4, -0.2) is 49.6 Å². The highest BCUT2D eigenvalue weighted by Crippen LogP contribution is 2.30. The Labute approximate surface area is 165 Å². The Morgan fingerprint density at radius 1 is 1.24 bits per heavy atom. The van der Waals surface area contributed by atoms with Gasteiger partial charge in [-0.25, -0.2) is 9.37 Å². The number of carbonyl (C=O) groups excluding carboxylic acids is 1. The largest absolute Gasteiger partial charge is 0.501 e. The average Bonchev–Trinajstić information content (AvgIpc) is 2.66. The van der Waals surface area contributed by atoms with E-state index in [1.54, 1.807) is 18.7 Å². The number of halogens is 1. The summed E-state index contributed by atoms with van der Waals surface area (Å²) in [6, 6.07) is 5.50. The van der Waals surface area contributed by atoms with E-state index in [0.29, 0.717) is 5.56 Å². The Morgan fingerprint density at radius 3 is 2.52 bits per heavy atom. The zero-order valence-electron chi connectivity index (χ0n) is 16.0. The summed E-state index contributed by atoms with van der Waals surface area (Å²) in [6.45, 7) is 3.62. The smallest absolute Gasteiger partial charge is 0.317 e. The fourth-order valence-electron chi connectivity index (χ4n) is 3.33. The van der Waals surface area contributed by atoms with Crippen molar-refractivity contribution < 1.29 is 24.2 Å². The lowest BCUT2D eigenvalue weighted by atomic mass is 9.98. The molecular weight excluding hydrogens is 383 g/mol. The molecule has 0 spiro atoms. The van der Waals surface area contributed by atoms with Crippen LogP contribution in [0.1, 0.15) is 35.7 Å². The predicted octanol–water partition coefficient (Wildman–Crippen LogP) is 0.653. The van der Waals surface area contributed by atoms with Crippen LogP contribution >= 0.6 is 0 Å². The highest BCUT2D eigenvalue weighted by Gasteiger charge is 2.39. The SMILES string of the molecule is CC1(C)c2nc(C(=O)NCc3ccc(F)cc3)c(O)c(=O)n2CCN1CC(=O)O. The van der Waals surface area contributed by atoms with E-state index in [0.717, 1.165) is 0 Å². The molecule has 2 heterocycles. The molecule has 1 aromatic carbocycles. The highest BCUT2D eigenvalue weighted by molar-refractivity contribution is 5.94. The molecule has 0 aliphatic carbocycles. The number of benzene rings is 1. The average molecular weight is 404 g/mol. The third-order valence-corrected chi connectivity index (χ3v) is 4.98. The molecule has 0 bridgehead atoms. The van der Waals surface area contributed by atoms with Crippen molar-refractivity contribution >= 4 is 11.9 Å². The second-order valence-corrected chi connectivity index (χ2v) is 7.27. The minimum atomic E-state index is -1.02. The molecule has 0 radical (unpaired) electrons. The van der Waals surface area contributed by atoms with Crippen LogP contribution in [0.4, 0.5) is 4.39 Å². The van der Waals surface area contributed by atoms with Gasteiger partial charge in [0, 0.05) is 19.6 Å². The summed E-state index contributed by atoms with van der Waals surface area (Å²) in [7, 11) is 0. The van der Waals surface area contributed by atoms with Gasteiger partial charge in [0.1, 0.15) is 11.6 Å². The molecule has 154 valence electrons. The maximum atomic E-state index is 13.0. The molecule has 29 heavy (non-hydrogen) atoms. The van der Waals surface area contributed by atoms with E-state index >= 15 is 0 Å². The molecule has 1 aliphatic rings. The van der Waals surface area contributed by atoms with Crippen molar-refractivity contribution in [3.8, 4) is 5.75 Å². The van der Waals surface area contributed by atoms with Gasteiger partial charge in [-0.3, -0.25) is 23.9 Å². The first kappa shape index (κ1) is 20.5. The summed E-state index contributed by atoms with van der Waals surface area (Å²) in [5, 5.41) is 21.9. The minimum absolute atomic E-state index is 0.0488. The van der Waals surface area contributed by atoms with Crippen molar-refractivity contribution in [2.24, 2.45) is 0 Å². The van der Waals surface area contributed by atoms with Gasteiger partial charge in [0.15, 0.2) is 5.69 Å². The second-order valence-electron chi connectivity index (χ2n) is 7.27. The predicted molar refractivity (Wildman–Crippen MR) is 100.0 cm³/mol. The van der Waals surface area contributed by atoms with Crippen LogP contribution in [0.15, 0.2) is 29.1 Å². The number of nitrogens with one attached hydrogen (secondary N) is 1. The molecular formula is C19H21FN4O5. The van der Waals surface area contributed by atoms with Crippen LogP contribution in [-0.2, 0) is 23.4 Å². The monoisotopic (exact) mass is 404 g/mol. The zero-order chi connectivity index (χ0) is 21.3. The van der Waals surface area contributed by atoms with Gasteiger partial charge in [-0.05, 0) is 31.5 Å². The number of aromatic nitrogens is 2. The maximum Gasteiger partial charge on any atom is 0.317 e. The van der Waals surface area contributed by atoms with Gasteiger partial charge in [0.05, 0.1) is 12.1 Å². The highest BCUT2D eigenvalue weighted by atomic mass is 19.1. The second kappa shape index (κ2) is 7.63. The fourth-order valence-corrected chi connectivity index (χ4v) is 3.33. The first-order valence-corrected chi connectivity index (χ1v) is 8.95. The number of carboxylic acids is 1. The summed E-state index contributed by atoms with van der Waals surface area (Å²) in [4.78, 5) is 42.1. The number of hydrogen-bond donors (Lipinski definition) is 3. The van der Waals surface area contributed by atoms with Crippen LogP contribution in [0.25, 0.3) is 0 Å². The lowest BCUT2D eigenvalue weighted by Crippen LogP contribution is -2.54. The lowest BCUT2D eigenvalue weighted by molar-refractivity contribution is -0.140. The molecule has 0 fully saturated rings. The van der Waals surface area contributed by atoms with E-state index < -0.39 is 40.2 Å². The molecule has 1 aliphatic heterocycles. The van der Waals surface area contributed by atoms with Crippen LogP contribution in [0.2, 0.25) is 0 Å². The van der Waals surface area contributed by atoms with E-state index in [1.807, 2.05) is 0 Å². The maximum absolute atomic E-state index is 13.0. The third kappa shape index (κ3) is 3.97. The van der Waals surface area contributed by atoms with Crippen LogP contribution in [0, 0.1) is 5.82 Å². The van der Waals surface area contributed by atoms with E-state index in [1.165, 1.54) is 28.8 Å². The van der Waals surface area contributed by atoms with Gasteiger partial charge >= 0.3 is 5.97 Å². The number of aliphatic carboxylic acids is 1. The lowest BCUT2D eigenvalue weighted by Gasteiger charge is -2.42. The molecule has 3 rings (SSSR count). The van der Waals surface area contributed by atoms with Gasteiger partial charge in [-0.1, -0.05) is 12.1 Å². The van der Waals surface area contributed by atoms with E-state index in [-0.39, 0.29) is 32.0 Å². The molecule has 0 saturated heterocycles. The van der Waals surface area contributed by atoms with Crippen LogP contribution in [0.5, 0.6) is 5.75 Å². The van der Waals surface area contributed by atoms with E-state index in [9.17, 15) is 23.9 Å². The number of nitrogens with zero attached hydrogens (tertiary/aromatic N) is 3. The quantitative estimate of drug-likeness (QED) is 0.668. The Hall–Kier alpha value is -3.27. The van der Waals surface area contributed by atoms with Gasteiger partial charge in [0.2, 0.25) is 5.75 Å². The topological polar surface area (TPSA) is 125 Å². The van der Waals surface area contributed by atoms with Gasteiger partial charge < -0.3 is 15.5 Å². The van der Waals surface area contributed by atoms with Gasteiger partial charge in [-0.15, -0.1) is 0 Å². The normalized spacial score (nSPS) is 15.6. The van der Waals surface area contributed by atoms with Crippen molar-refractivity contribution in [1.82, 2.24) is 19.8 Å². The van der Waals surface area contributed by atoms with E-state index in [4.69, 9.17) is 5.11 Å². The first-order chi connectivity index (χ1) is 13.6. The summed E-state index contributed by atoms with van der Waals surface area (Å²) >= 11 is 0. The summed E-state index contributed by atoms with van der Waals surface area (Å²) in [6.07, 6.45) is 0. The van der Waals surface area contributed by atoms with Crippen molar-refractivity contribution in [3.05, 3.63) is 57.5 Å². The standard InChI is InChI=1S/C19H21FN4O5/c1-19(2)18-22-14(16(28)21-9-11-3-5-12(20)6-4-11)15(27)17(29)24(18)8-7-23(19)10-13(25)26/h3-6,27H,7-10H2,1-2H3,(H,21,28)(H,25,26). The molecule has 1 amide bonds. The number of fused-ring (bicyclic) bond motifs is 1. The Balaban J connectivity index is 1.91. The van der Waals surface area contributed by atoms with Crippen molar-refractivity contribution in [1.29, 1.82) is 0 Å². The molecule has 10 heteroatoms. The third-order valence-electron chi connectivity index (χ3n) is 4.98. The number of rotatable bonds is 5. The molecule has 0 saturated carbocycles. The van der Waals surface area contributed by atoms with Crippen molar-refractivity contribution in [2.75, 3.05) is 13.1 Å². The summed E-state index contributed by atoms with van der Waals surface area (Å²) < 4.78 is 14.2. The first-order valence-electron chi connectivity index (χ1n) is 8.95. The molecule has 2 aromatic rings. The van der Waals surface area contributed by atoms with Crippen molar-refractivity contribution in [2.45, 2.75) is 32.5 Å². The Bertz CT molecular complexity index is 1020. The molecule has 1 aromatic heterocycles. The molecule has 3 N–H and O–H groups in total. The number of aromatic hydroxyl groups is 1. The zero-order valence-corrected chi connectivity index (χ0v) is 16.0. The number of carbonyl (C=O) groups is 2. The van der Waals surface area contributed by atoms with E-state index in [2.05, 4.69) is 10.3 Å². The molecule has 0 atom stereocenters. The van der Waals surface area contributed by atoms with Crippen LogP contribution in [0.3, 0.4) is 0 Å². The van der Waals surface area contributed by atoms with Crippen molar-refractivity contribution in [3.63, 3.8) is 0 Å². The minimum Gasteiger partial charge on any atom is -0.501 e. The summed E-state index contributed by atoms with van der Waals surface area (Å²) in [5.74, 6) is -2.77. The molecule has 9 nitrogen and oxygen atoms in total. The summed E-state index contributed by atoms with van der Waals surface area (Å²) in [5.41, 5.74) is -1.52. The van der Waals surface area contributed by atoms with Gasteiger partial charge in [0.25, 0.3) is 11.5 Å². The molecule has 0 unspecified atom stereocenters. The fraction of sp³-hybridized carbons (Fsp3) is 0.368. The number of amides is 1.